The number of alkyl halides is 1. The summed E-state index contributed by atoms with van der Waals surface area (Å²) in [4.78, 5) is 39.1. The Morgan fingerprint density at radius 1 is 0.677 bits per heavy atom. The first-order valence-electron chi connectivity index (χ1n) is 8.73. The molecule has 0 spiro atoms. The fourth-order valence-corrected chi connectivity index (χ4v) is 1.15. The summed E-state index contributed by atoms with van der Waals surface area (Å²) < 4.78 is 12.6. The molecule has 0 aliphatic heterocycles. The van der Waals surface area contributed by atoms with E-state index in [1.54, 1.807) is 0 Å². The molecule has 0 aliphatic carbocycles. The second kappa shape index (κ2) is 26.6. The molecule has 9 heteroatoms. The smallest absolute Gasteiger partial charge is 0.344 e. The molecule has 0 radical (unpaired) electrons. The van der Waals surface area contributed by atoms with Gasteiger partial charge in [-0.05, 0) is 0 Å². The van der Waals surface area contributed by atoms with E-state index in [-0.39, 0.29) is 12.5 Å². The van der Waals surface area contributed by atoms with Gasteiger partial charge in [-0.1, -0.05) is 72.8 Å². The Bertz CT molecular complexity index is 584. The number of carboxylic acids is 1. The van der Waals surface area contributed by atoms with Gasteiger partial charge in [0, 0.05) is 13.8 Å². The average molecular weight is 457 g/mol. The molecule has 0 fully saturated rings. The minimum absolute atomic E-state index is 0.0590. The van der Waals surface area contributed by atoms with Crippen LogP contribution in [0.25, 0.3) is 0 Å². The summed E-state index contributed by atoms with van der Waals surface area (Å²) in [7, 11) is 2.52. The molecule has 2 rings (SSSR count). The highest BCUT2D eigenvalue weighted by atomic mass is 35.5. The molecule has 31 heavy (non-hydrogen) atoms. The summed E-state index contributed by atoms with van der Waals surface area (Å²) in [6.07, 6.45) is 0. The third-order valence-electron chi connectivity index (χ3n) is 2.29. The van der Waals surface area contributed by atoms with Crippen LogP contribution >= 0.6 is 11.6 Å². The van der Waals surface area contributed by atoms with Crippen LogP contribution < -0.4 is 0 Å². The van der Waals surface area contributed by atoms with E-state index in [1.165, 1.54) is 21.1 Å². The second-order valence-corrected chi connectivity index (χ2v) is 5.16. The van der Waals surface area contributed by atoms with E-state index in [0.29, 0.717) is 0 Å². The SMILES string of the molecule is CC(=O)O.COC(=O)CCl.COC(=O)COC(C)=O.c1ccccc1.c1ccccc1. The van der Waals surface area contributed by atoms with Crippen molar-refractivity contribution in [3.8, 4) is 0 Å². The summed E-state index contributed by atoms with van der Waals surface area (Å²) in [5, 5.41) is 7.42. The second-order valence-electron chi connectivity index (χ2n) is 4.89. The normalized spacial score (nSPS) is 7.77. The zero-order valence-corrected chi connectivity index (χ0v) is 18.8. The third kappa shape index (κ3) is 41.9. The van der Waals surface area contributed by atoms with Gasteiger partial charge in [-0.3, -0.25) is 14.4 Å². The Morgan fingerprint density at radius 2 is 0.935 bits per heavy atom. The highest BCUT2D eigenvalue weighted by Gasteiger charge is 2.00. The lowest BCUT2D eigenvalue weighted by molar-refractivity contribution is -0.155. The highest BCUT2D eigenvalue weighted by Crippen LogP contribution is 1.81. The van der Waals surface area contributed by atoms with E-state index in [2.05, 4.69) is 14.2 Å². The van der Waals surface area contributed by atoms with Crippen molar-refractivity contribution in [2.24, 2.45) is 0 Å². The molecule has 0 bridgehead atoms. The van der Waals surface area contributed by atoms with Crippen molar-refractivity contribution in [1.82, 2.24) is 0 Å². The van der Waals surface area contributed by atoms with Crippen molar-refractivity contribution in [2.45, 2.75) is 13.8 Å². The molecule has 8 nitrogen and oxygen atoms in total. The van der Waals surface area contributed by atoms with Gasteiger partial charge in [0.15, 0.2) is 6.61 Å². The van der Waals surface area contributed by atoms with Crippen LogP contribution in [-0.4, -0.2) is 55.7 Å². The molecule has 1 N–H and O–H groups in total. The third-order valence-corrected chi connectivity index (χ3v) is 2.51. The summed E-state index contributed by atoms with van der Waals surface area (Å²) in [5.74, 6) is -2.32. The molecule has 2 aromatic rings. The Labute approximate surface area is 187 Å². The Morgan fingerprint density at radius 3 is 1.06 bits per heavy atom. The summed E-state index contributed by atoms with van der Waals surface area (Å²) in [6.45, 7) is 2.01. The largest absolute Gasteiger partial charge is 0.481 e. The van der Waals surface area contributed by atoms with Crippen LogP contribution in [0.2, 0.25) is 0 Å². The molecule has 0 aliphatic rings. The number of carbonyl (C=O) groups excluding carboxylic acids is 3. The van der Waals surface area contributed by atoms with Crippen molar-refractivity contribution >= 4 is 35.5 Å². The molecule has 0 heterocycles. The topological polar surface area (TPSA) is 116 Å². The quantitative estimate of drug-likeness (QED) is 0.423. The molecule has 0 aromatic heterocycles. The van der Waals surface area contributed by atoms with Crippen LogP contribution in [-0.2, 0) is 33.4 Å². The van der Waals surface area contributed by atoms with E-state index in [4.69, 9.17) is 21.5 Å². The number of esters is 3. The van der Waals surface area contributed by atoms with E-state index in [1.807, 2.05) is 72.8 Å². The Balaban J connectivity index is -0.000000323. The molecule has 0 saturated heterocycles. The van der Waals surface area contributed by atoms with Crippen LogP contribution in [0.4, 0.5) is 0 Å². The lowest BCUT2D eigenvalue weighted by Gasteiger charge is -1.97. The minimum atomic E-state index is -0.833. The fraction of sp³-hybridized carbons (Fsp3) is 0.273. The maximum absolute atomic E-state index is 10.2. The van der Waals surface area contributed by atoms with E-state index < -0.39 is 23.9 Å². The molecule has 0 atom stereocenters. The summed E-state index contributed by atoms with van der Waals surface area (Å²) in [6, 6.07) is 24.0. The van der Waals surface area contributed by atoms with Gasteiger partial charge in [0.05, 0.1) is 14.2 Å². The van der Waals surface area contributed by atoms with Gasteiger partial charge >= 0.3 is 17.9 Å². The van der Waals surface area contributed by atoms with Crippen molar-refractivity contribution in [2.75, 3.05) is 26.7 Å². The average Bonchev–Trinajstić information content (AvgIpc) is 2.80. The van der Waals surface area contributed by atoms with Gasteiger partial charge in [0.2, 0.25) is 0 Å². The standard InChI is InChI=1S/2C6H6.C5H8O4.C3H5ClO2.C2H4O2/c2*1-2-4-6-5-3-1;1-4(6)9-3-5(7)8-2;1-6-3(5)2-4;1-2(3)4/h2*1-6H;3H2,1-2H3;2H2,1H3;1H3,(H,3,4). The Hall–Kier alpha value is -3.39. The van der Waals surface area contributed by atoms with E-state index in [9.17, 15) is 14.4 Å². The molecule has 0 saturated carbocycles. The number of hydrogen-bond donors (Lipinski definition) is 1. The number of aliphatic carboxylic acids is 1. The molecular formula is C22H29ClO8. The maximum Gasteiger partial charge on any atom is 0.344 e. The predicted molar refractivity (Wildman–Crippen MR) is 118 cm³/mol. The first-order chi connectivity index (χ1) is 14.7. The molecule has 0 unspecified atom stereocenters. The zero-order valence-electron chi connectivity index (χ0n) is 18.0. The van der Waals surface area contributed by atoms with Gasteiger partial charge in [0.1, 0.15) is 5.88 Å². The predicted octanol–water partition coefficient (Wildman–Crippen LogP) is 3.58. The summed E-state index contributed by atoms with van der Waals surface area (Å²) >= 11 is 4.98. The maximum atomic E-state index is 10.2. The molecule has 0 amide bonds. The van der Waals surface area contributed by atoms with Gasteiger partial charge in [-0.2, -0.15) is 0 Å². The van der Waals surface area contributed by atoms with Crippen molar-refractivity contribution in [3.05, 3.63) is 72.8 Å². The van der Waals surface area contributed by atoms with E-state index in [0.717, 1.165) is 6.92 Å². The highest BCUT2D eigenvalue weighted by molar-refractivity contribution is 6.26. The van der Waals surface area contributed by atoms with Crippen molar-refractivity contribution in [1.29, 1.82) is 0 Å². The molecular weight excluding hydrogens is 428 g/mol. The number of ether oxygens (including phenoxy) is 3. The van der Waals surface area contributed by atoms with Crippen molar-refractivity contribution in [3.63, 3.8) is 0 Å². The van der Waals surface area contributed by atoms with Crippen LogP contribution in [0.5, 0.6) is 0 Å². The first kappa shape index (κ1) is 32.3. The monoisotopic (exact) mass is 456 g/mol. The number of hydrogen-bond acceptors (Lipinski definition) is 7. The van der Waals surface area contributed by atoms with E-state index >= 15 is 0 Å². The zero-order chi connectivity index (χ0) is 24.3. The summed E-state index contributed by atoms with van der Waals surface area (Å²) in [5.41, 5.74) is 0. The number of methoxy groups -OCH3 is 2. The molecule has 172 valence electrons. The Kier molecular flexibility index (Phi) is 27.7. The number of rotatable bonds is 3. The van der Waals surface area contributed by atoms with Crippen LogP contribution in [0, 0.1) is 0 Å². The first-order valence-corrected chi connectivity index (χ1v) is 9.27. The number of carbonyl (C=O) groups is 4. The van der Waals surface area contributed by atoms with Crippen molar-refractivity contribution < 1.29 is 38.5 Å². The lowest BCUT2D eigenvalue weighted by atomic mass is 10.4. The minimum Gasteiger partial charge on any atom is -0.481 e. The number of halogens is 1. The van der Waals surface area contributed by atoms with Gasteiger partial charge in [0.25, 0.3) is 5.97 Å². The number of benzene rings is 2. The van der Waals surface area contributed by atoms with Crippen LogP contribution in [0.3, 0.4) is 0 Å². The van der Waals surface area contributed by atoms with Crippen LogP contribution in [0.15, 0.2) is 72.8 Å². The van der Waals surface area contributed by atoms with Crippen LogP contribution in [0.1, 0.15) is 13.8 Å². The number of carboxylic acid groups (broad SMARTS) is 1. The lowest BCUT2D eigenvalue weighted by Crippen LogP contribution is -2.12. The van der Waals surface area contributed by atoms with Gasteiger partial charge < -0.3 is 19.3 Å². The molecule has 2 aromatic carbocycles. The van der Waals surface area contributed by atoms with Gasteiger partial charge in [-0.25, -0.2) is 4.79 Å². The fourth-order valence-electron chi connectivity index (χ4n) is 1.04. The van der Waals surface area contributed by atoms with Gasteiger partial charge in [-0.15, -0.1) is 11.6 Å².